The Hall–Kier alpha value is -4.41. The van der Waals surface area contributed by atoms with E-state index in [-0.39, 0.29) is 24.3 Å². The van der Waals surface area contributed by atoms with E-state index in [1.807, 2.05) is 30.3 Å². The Labute approximate surface area is 188 Å². The number of anilines is 3. The van der Waals surface area contributed by atoms with Crippen LogP contribution in [0.3, 0.4) is 0 Å². The van der Waals surface area contributed by atoms with Crippen LogP contribution in [0.5, 0.6) is 11.5 Å². The van der Waals surface area contributed by atoms with Gasteiger partial charge in [-0.3, -0.25) is 9.69 Å². The van der Waals surface area contributed by atoms with Gasteiger partial charge in [-0.05, 0) is 36.8 Å². The van der Waals surface area contributed by atoms with Crippen LogP contribution in [-0.2, 0) is 16.9 Å². The Morgan fingerprint density at radius 3 is 2.61 bits per heavy atom. The van der Waals surface area contributed by atoms with Crippen LogP contribution in [0.1, 0.15) is 18.3 Å². The number of benzene rings is 2. The number of carbonyl (C=O) groups is 2. The summed E-state index contributed by atoms with van der Waals surface area (Å²) in [4.78, 5) is 39.6. The summed E-state index contributed by atoms with van der Waals surface area (Å²) >= 11 is 0. The van der Waals surface area contributed by atoms with Crippen LogP contribution in [-0.4, -0.2) is 45.0 Å². The van der Waals surface area contributed by atoms with Crippen molar-refractivity contribution < 1.29 is 19.1 Å². The summed E-state index contributed by atoms with van der Waals surface area (Å²) in [6.45, 7) is 2.35. The summed E-state index contributed by atoms with van der Waals surface area (Å²) in [6, 6.07) is 13.9. The third-order valence-corrected chi connectivity index (χ3v) is 5.42. The number of aromatic nitrogens is 3. The molecule has 33 heavy (non-hydrogen) atoms. The standard InChI is InChI=1S/C22H21N7O4/c1-22(13-7-8-15-16(11-13)33-10-9-32-15)18(30)29(21(31)28-22)12-17-25-19(23)27-20(26-17)24-14-5-3-2-4-6-14/h2-8,11H,9-10,12H2,1H3,(H,28,31)(H3,23,24,25,26,27)/t22-/m0/s1. The molecule has 3 heterocycles. The third-order valence-electron chi connectivity index (χ3n) is 5.42. The molecule has 0 bridgehead atoms. The number of nitrogen functional groups attached to an aromatic ring is 1. The van der Waals surface area contributed by atoms with Gasteiger partial charge >= 0.3 is 6.03 Å². The Balaban J connectivity index is 1.39. The molecule has 0 spiro atoms. The van der Waals surface area contributed by atoms with Crippen LogP contribution in [0.25, 0.3) is 0 Å². The molecule has 5 rings (SSSR count). The van der Waals surface area contributed by atoms with E-state index in [2.05, 4.69) is 25.6 Å². The fraction of sp³-hybridized carbons (Fsp3) is 0.227. The first kappa shape index (κ1) is 20.5. The van der Waals surface area contributed by atoms with Gasteiger partial charge in [0.25, 0.3) is 5.91 Å². The molecule has 3 amide bonds. The molecule has 1 atom stereocenters. The first-order valence-corrected chi connectivity index (χ1v) is 10.3. The van der Waals surface area contributed by atoms with Crippen molar-refractivity contribution in [2.45, 2.75) is 19.0 Å². The number of para-hydroxylation sites is 1. The molecular weight excluding hydrogens is 426 g/mol. The lowest BCUT2D eigenvalue weighted by atomic mass is 9.91. The maximum absolute atomic E-state index is 13.3. The minimum Gasteiger partial charge on any atom is -0.486 e. The molecule has 4 N–H and O–H groups in total. The van der Waals surface area contributed by atoms with E-state index in [1.54, 1.807) is 25.1 Å². The normalized spacial score (nSPS) is 19.4. The average molecular weight is 447 g/mol. The van der Waals surface area contributed by atoms with Crippen molar-refractivity contribution in [1.29, 1.82) is 0 Å². The highest BCUT2D eigenvalue weighted by molar-refractivity contribution is 6.07. The van der Waals surface area contributed by atoms with E-state index in [9.17, 15) is 9.59 Å². The van der Waals surface area contributed by atoms with Crippen LogP contribution in [0.4, 0.5) is 22.4 Å². The van der Waals surface area contributed by atoms with E-state index in [0.29, 0.717) is 30.3 Å². The van der Waals surface area contributed by atoms with Gasteiger partial charge in [0.2, 0.25) is 11.9 Å². The topological polar surface area (TPSA) is 145 Å². The summed E-state index contributed by atoms with van der Waals surface area (Å²) < 4.78 is 11.2. The minimum atomic E-state index is -1.28. The number of hydrogen-bond donors (Lipinski definition) is 3. The molecule has 1 aromatic heterocycles. The van der Waals surface area contributed by atoms with Gasteiger partial charge in [-0.2, -0.15) is 15.0 Å². The zero-order valence-corrected chi connectivity index (χ0v) is 17.7. The van der Waals surface area contributed by atoms with Gasteiger partial charge < -0.3 is 25.8 Å². The van der Waals surface area contributed by atoms with E-state index in [1.165, 1.54) is 0 Å². The molecule has 2 aliphatic heterocycles. The quantitative estimate of drug-likeness (QED) is 0.500. The Bertz CT molecular complexity index is 1240. The number of hydrogen-bond acceptors (Lipinski definition) is 9. The number of carbonyl (C=O) groups excluding carboxylic acids is 2. The largest absolute Gasteiger partial charge is 0.486 e. The van der Waals surface area contributed by atoms with Gasteiger partial charge in [0, 0.05) is 5.69 Å². The lowest BCUT2D eigenvalue weighted by molar-refractivity contribution is -0.131. The first-order valence-electron chi connectivity index (χ1n) is 10.3. The summed E-state index contributed by atoms with van der Waals surface area (Å²) in [7, 11) is 0. The van der Waals surface area contributed by atoms with Gasteiger partial charge in [0.1, 0.15) is 18.8 Å². The fourth-order valence-corrected chi connectivity index (χ4v) is 3.75. The summed E-state index contributed by atoms with van der Waals surface area (Å²) in [6.07, 6.45) is 0. The first-order chi connectivity index (χ1) is 15.9. The second-order valence-corrected chi connectivity index (χ2v) is 7.73. The number of nitrogens with zero attached hydrogens (tertiary/aromatic N) is 4. The number of amides is 3. The zero-order chi connectivity index (χ0) is 23.0. The fourth-order valence-electron chi connectivity index (χ4n) is 3.75. The Morgan fingerprint density at radius 1 is 1.06 bits per heavy atom. The second-order valence-electron chi connectivity index (χ2n) is 7.73. The summed E-state index contributed by atoms with van der Waals surface area (Å²) in [5, 5.41) is 5.80. The van der Waals surface area contributed by atoms with E-state index >= 15 is 0 Å². The van der Waals surface area contributed by atoms with Gasteiger partial charge in [0.15, 0.2) is 17.3 Å². The van der Waals surface area contributed by atoms with Crippen LogP contribution < -0.4 is 25.8 Å². The number of nitrogens with one attached hydrogen (secondary N) is 2. The van der Waals surface area contributed by atoms with Gasteiger partial charge in [-0.15, -0.1) is 0 Å². The molecule has 0 aliphatic carbocycles. The van der Waals surface area contributed by atoms with E-state index < -0.39 is 17.5 Å². The molecule has 1 saturated heterocycles. The molecule has 11 nitrogen and oxygen atoms in total. The molecule has 168 valence electrons. The van der Waals surface area contributed by atoms with E-state index in [4.69, 9.17) is 15.2 Å². The number of fused-ring (bicyclic) bond motifs is 1. The highest BCUT2D eigenvalue weighted by Crippen LogP contribution is 2.37. The molecule has 3 aromatic rings. The van der Waals surface area contributed by atoms with Crippen molar-refractivity contribution in [1.82, 2.24) is 25.2 Å². The maximum atomic E-state index is 13.3. The van der Waals surface area contributed by atoms with Crippen molar-refractivity contribution in [2.24, 2.45) is 0 Å². The maximum Gasteiger partial charge on any atom is 0.325 e. The van der Waals surface area contributed by atoms with Crippen LogP contribution in [0.15, 0.2) is 48.5 Å². The van der Waals surface area contributed by atoms with Crippen molar-refractivity contribution >= 4 is 29.5 Å². The van der Waals surface area contributed by atoms with E-state index in [0.717, 1.165) is 10.6 Å². The third kappa shape index (κ3) is 3.84. The number of rotatable bonds is 5. The van der Waals surface area contributed by atoms with Crippen molar-refractivity contribution in [3.63, 3.8) is 0 Å². The van der Waals surface area contributed by atoms with Crippen LogP contribution >= 0.6 is 0 Å². The van der Waals surface area contributed by atoms with Gasteiger partial charge in [-0.25, -0.2) is 4.79 Å². The Kier molecular flexibility index (Phi) is 4.93. The highest BCUT2D eigenvalue weighted by atomic mass is 16.6. The molecule has 2 aromatic carbocycles. The number of imide groups is 1. The van der Waals surface area contributed by atoms with Crippen LogP contribution in [0, 0.1) is 0 Å². The zero-order valence-electron chi connectivity index (χ0n) is 17.7. The number of urea groups is 1. The second kappa shape index (κ2) is 7.93. The molecule has 0 unspecified atom stereocenters. The molecular formula is C22H21N7O4. The molecule has 2 aliphatic rings. The Morgan fingerprint density at radius 2 is 1.82 bits per heavy atom. The lowest BCUT2D eigenvalue weighted by Gasteiger charge is -2.25. The molecule has 1 fully saturated rings. The van der Waals surface area contributed by atoms with Gasteiger partial charge in [-0.1, -0.05) is 24.3 Å². The van der Waals surface area contributed by atoms with Crippen molar-refractivity contribution in [3.8, 4) is 11.5 Å². The molecule has 11 heteroatoms. The number of ether oxygens (including phenoxy) is 2. The smallest absolute Gasteiger partial charge is 0.325 e. The lowest BCUT2D eigenvalue weighted by Crippen LogP contribution is -2.41. The minimum absolute atomic E-state index is 0.0277. The van der Waals surface area contributed by atoms with Crippen LogP contribution in [0.2, 0.25) is 0 Å². The highest BCUT2D eigenvalue weighted by Gasteiger charge is 2.49. The molecule has 0 radical (unpaired) electrons. The average Bonchev–Trinajstić information content (AvgIpc) is 3.03. The molecule has 0 saturated carbocycles. The van der Waals surface area contributed by atoms with Crippen molar-refractivity contribution in [3.05, 3.63) is 59.9 Å². The van der Waals surface area contributed by atoms with Gasteiger partial charge in [0.05, 0.1) is 6.54 Å². The predicted molar refractivity (Wildman–Crippen MR) is 118 cm³/mol. The number of nitrogens with two attached hydrogens (primary N) is 1. The summed E-state index contributed by atoms with van der Waals surface area (Å²) in [5.41, 5.74) is 5.89. The monoisotopic (exact) mass is 447 g/mol. The SMILES string of the molecule is C[C@@]1(c2ccc3c(c2)OCCO3)NC(=O)N(Cc2nc(N)nc(Nc3ccccc3)n2)C1=O. The van der Waals surface area contributed by atoms with Crippen molar-refractivity contribution in [2.75, 3.05) is 24.3 Å². The predicted octanol–water partition coefficient (Wildman–Crippen LogP) is 1.94. The summed E-state index contributed by atoms with van der Waals surface area (Å²) in [5.74, 6) is 1.05.